The highest BCUT2D eigenvalue weighted by Gasteiger charge is 2.31. The molecule has 80 valence electrons. The van der Waals surface area contributed by atoms with Crippen molar-refractivity contribution in [3.63, 3.8) is 0 Å². The molecule has 5 nitrogen and oxygen atoms in total. The average molecular weight is 226 g/mol. The van der Waals surface area contributed by atoms with Crippen molar-refractivity contribution in [2.24, 2.45) is 7.05 Å². The SMILES string of the molecule is Cc1cc(=O)n2c([n+]1C)SCC(=O)N2C. The Balaban J connectivity index is 2.74. The Labute approximate surface area is 91.3 Å². The van der Waals surface area contributed by atoms with Crippen molar-refractivity contribution in [2.75, 3.05) is 17.8 Å². The van der Waals surface area contributed by atoms with Crippen LogP contribution in [-0.2, 0) is 11.8 Å². The number of hydrogen-bond acceptors (Lipinski definition) is 3. The zero-order valence-corrected chi connectivity index (χ0v) is 9.67. The second kappa shape index (κ2) is 3.37. The quantitative estimate of drug-likeness (QED) is 0.429. The molecule has 0 bridgehead atoms. The maximum absolute atomic E-state index is 11.7. The topological polar surface area (TPSA) is 46.2 Å². The maximum atomic E-state index is 11.7. The second-order valence-corrected chi connectivity index (χ2v) is 4.43. The van der Waals surface area contributed by atoms with Crippen LogP contribution in [0.25, 0.3) is 0 Å². The van der Waals surface area contributed by atoms with E-state index in [4.69, 9.17) is 0 Å². The Bertz CT molecular complexity index is 495. The van der Waals surface area contributed by atoms with Gasteiger partial charge in [-0.1, -0.05) is 4.68 Å². The zero-order chi connectivity index (χ0) is 11.2. The molecule has 1 aliphatic rings. The number of fused-ring (bicyclic) bond motifs is 1. The molecular weight excluding hydrogens is 214 g/mol. The molecule has 0 aliphatic carbocycles. The number of carbonyl (C=O) groups is 1. The van der Waals surface area contributed by atoms with Crippen molar-refractivity contribution in [3.8, 4) is 0 Å². The second-order valence-electron chi connectivity index (χ2n) is 3.48. The lowest BCUT2D eigenvalue weighted by Gasteiger charge is -2.21. The largest absolute Gasteiger partial charge is 0.362 e. The van der Waals surface area contributed by atoms with E-state index in [2.05, 4.69) is 0 Å². The molecule has 1 aromatic rings. The lowest BCUT2D eigenvalue weighted by molar-refractivity contribution is -0.721. The number of hydrogen-bond donors (Lipinski definition) is 0. The number of rotatable bonds is 0. The molecule has 1 aromatic heterocycles. The van der Waals surface area contributed by atoms with Crippen LogP contribution in [0.15, 0.2) is 16.0 Å². The van der Waals surface area contributed by atoms with Crippen LogP contribution >= 0.6 is 11.8 Å². The molecular formula is C9H12N3O2S+. The molecule has 15 heavy (non-hydrogen) atoms. The minimum atomic E-state index is -0.163. The smallest absolute Gasteiger partial charge is 0.270 e. The van der Waals surface area contributed by atoms with Crippen molar-refractivity contribution >= 4 is 17.7 Å². The third-order valence-corrected chi connectivity index (χ3v) is 3.62. The van der Waals surface area contributed by atoms with Crippen LogP contribution in [0, 0.1) is 6.92 Å². The van der Waals surface area contributed by atoms with Crippen LogP contribution in [-0.4, -0.2) is 23.4 Å². The van der Waals surface area contributed by atoms with Crippen LogP contribution in [0.1, 0.15) is 5.69 Å². The van der Waals surface area contributed by atoms with Gasteiger partial charge >= 0.3 is 10.7 Å². The Morgan fingerprint density at radius 1 is 1.47 bits per heavy atom. The number of aromatic nitrogens is 2. The molecule has 0 radical (unpaired) electrons. The monoisotopic (exact) mass is 226 g/mol. The number of carbonyl (C=O) groups excluding carboxylic acids is 1. The molecule has 6 heteroatoms. The number of thioether (sulfide) groups is 1. The predicted octanol–water partition coefficient (Wildman–Crippen LogP) is -0.819. The van der Waals surface area contributed by atoms with Gasteiger partial charge in [-0.25, -0.2) is 9.36 Å². The van der Waals surface area contributed by atoms with Crippen molar-refractivity contribution in [2.45, 2.75) is 12.1 Å². The Hall–Kier alpha value is -1.30. The van der Waals surface area contributed by atoms with Gasteiger partial charge in [0.25, 0.3) is 5.91 Å². The van der Waals surface area contributed by atoms with Gasteiger partial charge in [0.05, 0.1) is 25.9 Å². The van der Waals surface area contributed by atoms with Gasteiger partial charge in [0.1, 0.15) is 5.69 Å². The summed E-state index contributed by atoms with van der Waals surface area (Å²) in [6.07, 6.45) is 0. The lowest BCUT2D eigenvalue weighted by Crippen LogP contribution is -2.54. The maximum Gasteiger partial charge on any atom is 0.362 e. The van der Waals surface area contributed by atoms with E-state index in [0.717, 1.165) is 10.9 Å². The standard InChI is InChI=1S/C9H12N3O2S/c1-6-4-7(13)12-9(10(6)2)15-5-8(14)11(12)3/h4H,5H2,1-3H3/q+1. The van der Waals surface area contributed by atoms with Crippen molar-refractivity contribution in [1.82, 2.24) is 4.68 Å². The molecule has 0 spiro atoms. The van der Waals surface area contributed by atoms with Gasteiger partial charge in [-0.05, 0) is 18.7 Å². The molecule has 1 amide bonds. The van der Waals surface area contributed by atoms with E-state index in [-0.39, 0.29) is 11.5 Å². The molecule has 0 N–H and O–H groups in total. The highest BCUT2D eigenvalue weighted by Crippen LogP contribution is 2.17. The summed E-state index contributed by atoms with van der Waals surface area (Å²) in [7, 11) is 3.50. The van der Waals surface area contributed by atoms with E-state index in [9.17, 15) is 9.59 Å². The van der Waals surface area contributed by atoms with E-state index < -0.39 is 0 Å². The van der Waals surface area contributed by atoms with E-state index in [0.29, 0.717) is 5.75 Å². The van der Waals surface area contributed by atoms with Gasteiger partial charge in [0.15, 0.2) is 0 Å². The first-order valence-electron chi connectivity index (χ1n) is 4.54. The van der Waals surface area contributed by atoms with Crippen molar-refractivity contribution in [1.29, 1.82) is 0 Å². The van der Waals surface area contributed by atoms with E-state index in [1.165, 1.54) is 27.5 Å². The zero-order valence-electron chi connectivity index (χ0n) is 8.85. The summed E-state index contributed by atoms with van der Waals surface area (Å²) in [5, 5.41) is 2.16. The fourth-order valence-electron chi connectivity index (χ4n) is 1.49. The molecule has 0 atom stereocenters. The molecule has 1 aliphatic heterocycles. The van der Waals surface area contributed by atoms with E-state index in [1.807, 2.05) is 18.5 Å². The average Bonchev–Trinajstić information content (AvgIpc) is 2.18. The molecule has 0 unspecified atom stereocenters. The van der Waals surface area contributed by atoms with Crippen LogP contribution < -0.4 is 15.1 Å². The van der Waals surface area contributed by atoms with Crippen molar-refractivity contribution in [3.05, 3.63) is 22.1 Å². The summed E-state index contributed by atoms with van der Waals surface area (Å²) in [5.74, 6) is 0.325. The van der Waals surface area contributed by atoms with Gasteiger partial charge < -0.3 is 0 Å². The third-order valence-electron chi connectivity index (χ3n) is 2.52. The number of aryl methyl sites for hydroxylation is 1. The van der Waals surface area contributed by atoms with Gasteiger partial charge in [-0.2, -0.15) is 5.01 Å². The fourth-order valence-corrected chi connectivity index (χ4v) is 2.60. The van der Waals surface area contributed by atoms with Crippen LogP contribution in [0.5, 0.6) is 0 Å². The first kappa shape index (κ1) is 10.2. The fraction of sp³-hybridized carbons (Fsp3) is 0.444. The summed E-state index contributed by atoms with van der Waals surface area (Å²) in [6.45, 7) is 1.87. The summed E-state index contributed by atoms with van der Waals surface area (Å²) in [4.78, 5) is 23.2. The first-order chi connectivity index (χ1) is 7.02. The van der Waals surface area contributed by atoms with Crippen molar-refractivity contribution < 1.29 is 9.36 Å². The molecule has 0 fully saturated rings. The molecule has 2 rings (SSSR count). The first-order valence-corrected chi connectivity index (χ1v) is 5.53. The number of nitrogens with zero attached hydrogens (tertiary/aromatic N) is 3. The normalized spacial score (nSPS) is 15.4. The van der Waals surface area contributed by atoms with E-state index >= 15 is 0 Å². The van der Waals surface area contributed by atoms with Gasteiger partial charge in [0.2, 0.25) is 0 Å². The molecule has 2 heterocycles. The summed E-state index contributed by atoms with van der Waals surface area (Å²) < 4.78 is 3.32. The van der Waals surface area contributed by atoms with Gasteiger partial charge in [-0.15, -0.1) is 0 Å². The van der Waals surface area contributed by atoms with Crippen LogP contribution in [0.2, 0.25) is 0 Å². The lowest BCUT2D eigenvalue weighted by atomic mass is 10.4. The summed E-state index contributed by atoms with van der Waals surface area (Å²) in [5.41, 5.74) is 0.727. The highest BCUT2D eigenvalue weighted by molar-refractivity contribution is 7.99. The summed E-state index contributed by atoms with van der Waals surface area (Å²) in [6, 6.07) is 1.53. The van der Waals surface area contributed by atoms with Gasteiger partial charge in [0, 0.05) is 0 Å². The third kappa shape index (κ3) is 1.45. The Morgan fingerprint density at radius 2 is 2.13 bits per heavy atom. The van der Waals surface area contributed by atoms with Crippen LogP contribution in [0.3, 0.4) is 0 Å². The molecule has 0 saturated heterocycles. The molecule has 0 aromatic carbocycles. The van der Waals surface area contributed by atoms with Crippen LogP contribution in [0.4, 0.5) is 0 Å². The summed E-state index contributed by atoms with van der Waals surface area (Å²) >= 11 is 1.39. The molecule has 0 saturated carbocycles. The minimum Gasteiger partial charge on any atom is -0.270 e. The highest BCUT2D eigenvalue weighted by atomic mass is 32.2. The van der Waals surface area contributed by atoms with Gasteiger partial charge in [-0.3, -0.25) is 4.79 Å². The Morgan fingerprint density at radius 3 is 2.80 bits per heavy atom. The number of amides is 1. The Kier molecular flexibility index (Phi) is 2.30. The predicted molar refractivity (Wildman–Crippen MR) is 56.5 cm³/mol. The minimum absolute atomic E-state index is 0.0570. The van der Waals surface area contributed by atoms with E-state index in [1.54, 1.807) is 7.05 Å².